The zero-order chi connectivity index (χ0) is 15.7. The van der Waals surface area contributed by atoms with Crippen LogP contribution in [0.2, 0.25) is 0 Å². The molecule has 6 heteroatoms. The Morgan fingerprint density at radius 3 is 2.81 bits per heavy atom. The molecule has 21 heavy (non-hydrogen) atoms. The number of rotatable bonds is 7. The lowest BCUT2D eigenvalue weighted by Gasteiger charge is -2.09. The van der Waals surface area contributed by atoms with Gasteiger partial charge in [0.15, 0.2) is 0 Å². The van der Waals surface area contributed by atoms with Crippen molar-refractivity contribution in [2.24, 2.45) is 0 Å². The molecular weight excluding hydrogens is 290 g/mol. The van der Waals surface area contributed by atoms with Crippen molar-refractivity contribution >= 4 is 10.0 Å². The van der Waals surface area contributed by atoms with Gasteiger partial charge in [0.1, 0.15) is 6.61 Å². The van der Waals surface area contributed by atoms with Gasteiger partial charge in [-0.05, 0) is 31.5 Å². The van der Waals surface area contributed by atoms with Gasteiger partial charge in [-0.25, -0.2) is 13.1 Å². The van der Waals surface area contributed by atoms with Gasteiger partial charge in [-0.15, -0.1) is 0 Å². The maximum atomic E-state index is 11.8. The van der Waals surface area contributed by atoms with Gasteiger partial charge in [0, 0.05) is 12.1 Å². The molecule has 0 aliphatic rings. The van der Waals surface area contributed by atoms with Crippen molar-refractivity contribution in [3.63, 3.8) is 0 Å². The van der Waals surface area contributed by atoms with Crippen LogP contribution in [-0.4, -0.2) is 38.6 Å². The normalized spacial score (nSPS) is 11.2. The number of hydrogen-bond donors (Lipinski definition) is 2. The Kier molecular flexibility index (Phi) is 7.40. The fourth-order valence-corrected chi connectivity index (χ4v) is 2.41. The van der Waals surface area contributed by atoms with Crippen molar-refractivity contribution in [1.82, 2.24) is 4.72 Å². The lowest BCUT2D eigenvalue weighted by atomic mass is 10.1. The molecule has 0 aliphatic heterocycles. The molecule has 5 nitrogen and oxygen atoms in total. The van der Waals surface area contributed by atoms with Crippen LogP contribution in [0.4, 0.5) is 0 Å². The van der Waals surface area contributed by atoms with Gasteiger partial charge in [0.25, 0.3) is 0 Å². The second-order valence-corrected chi connectivity index (χ2v) is 6.65. The first kappa shape index (κ1) is 17.7. The second-order valence-electron chi connectivity index (χ2n) is 4.72. The molecule has 0 amide bonds. The molecule has 0 fully saturated rings. The molecule has 0 heterocycles. The van der Waals surface area contributed by atoms with Crippen molar-refractivity contribution in [2.75, 3.05) is 19.0 Å². The minimum atomic E-state index is -3.36. The molecule has 0 atom stereocenters. The zero-order valence-electron chi connectivity index (χ0n) is 12.3. The fourth-order valence-electron chi connectivity index (χ4n) is 1.56. The number of hydrogen-bond acceptors (Lipinski definition) is 4. The van der Waals surface area contributed by atoms with Gasteiger partial charge < -0.3 is 9.84 Å². The minimum absolute atomic E-state index is 0.0157. The van der Waals surface area contributed by atoms with E-state index >= 15 is 0 Å². The number of benzene rings is 1. The van der Waals surface area contributed by atoms with Crippen molar-refractivity contribution in [3.8, 4) is 11.8 Å². The van der Waals surface area contributed by atoms with E-state index in [0.717, 1.165) is 11.1 Å². The van der Waals surface area contributed by atoms with Crippen LogP contribution in [0.5, 0.6) is 0 Å². The van der Waals surface area contributed by atoms with Gasteiger partial charge >= 0.3 is 0 Å². The smallest absolute Gasteiger partial charge is 0.214 e. The summed E-state index contributed by atoms with van der Waals surface area (Å²) in [4.78, 5) is 0. The highest BCUT2D eigenvalue weighted by atomic mass is 32.2. The van der Waals surface area contributed by atoms with Gasteiger partial charge in [-0.3, -0.25) is 0 Å². The first-order valence-electron chi connectivity index (χ1n) is 6.70. The third-order valence-electron chi connectivity index (χ3n) is 2.54. The van der Waals surface area contributed by atoms with Crippen LogP contribution in [-0.2, 0) is 21.3 Å². The molecule has 116 valence electrons. The van der Waals surface area contributed by atoms with E-state index in [0.29, 0.717) is 0 Å². The monoisotopic (exact) mass is 311 g/mol. The third kappa shape index (κ3) is 7.83. The molecular formula is C15H21NO4S. The van der Waals surface area contributed by atoms with Gasteiger partial charge in [-0.2, -0.15) is 0 Å². The summed E-state index contributed by atoms with van der Waals surface area (Å²) in [5.41, 5.74) is 1.55. The average molecular weight is 311 g/mol. The Morgan fingerprint density at radius 1 is 1.38 bits per heavy atom. The van der Waals surface area contributed by atoms with Crippen LogP contribution in [0, 0.1) is 11.8 Å². The summed E-state index contributed by atoms with van der Waals surface area (Å²) in [6.45, 7) is 3.90. The van der Waals surface area contributed by atoms with Crippen LogP contribution in [0.1, 0.15) is 25.0 Å². The molecule has 0 unspecified atom stereocenters. The maximum Gasteiger partial charge on any atom is 0.214 e. The van der Waals surface area contributed by atoms with Crippen LogP contribution in [0.15, 0.2) is 24.3 Å². The van der Waals surface area contributed by atoms with E-state index < -0.39 is 10.0 Å². The van der Waals surface area contributed by atoms with Crippen LogP contribution < -0.4 is 4.72 Å². The molecule has 0 aliphatic carbocycles. The molecule has 0 saturated carbocycles. The Morgan fingerprint density at radius 2 is 2.14 bits per heavy atom. The number of aliphatic hydroxyl groups is 1. The summed E-state index contributed by atoms with van der Waals surface area (Å²) in [6, 6.07) is 7.21. The molecule has 0 spiro atoms. The van der Waals surface area contributed by atoms with Gasteiger partial charge in [0.05, 0.1) is 18.5 Å². The fraction of sp³-hybridized carbons (Fsp3) is 0.467. The minimum Gasteiger partial charge on any atom is -0.384 e. The molecule has 0 bridgehead atoms. The predicted molar refractivity (Wildman–Crippen MR) is 82.1 cm³/mol. The first-order valence-corrected chi connectivity index (χ1v) is 8.36. The molecule has 0 radical (unpaired) electrons. The SMILES string of the molecule is CC(C)OCCS(=O)(=O)NCc1cccc(C#CCO)c1. The molecule has 1 aromatic rings. The topological polar surface area (TPSA) is 75.6 Å². The molecule has 1 aromatic carbocycles. The standard InChI is InChI=1S/C15H21NO4S/c1-13(2)20-9-10-21(18,19)16-12-15-6-3-5-14(11-15)7-4-8-17/h3,5-6,11,13,16-17H,8-10,12H2,1-2H3. The molecule has 1 rings (SSSR count). The number of ether oxygens (including phenoxy) is 1. The highest BCUT2D eigenvalue weighted by Crippen LogP contribution is 2.04. The van der Waals surface area contributed by atoms with Crippen molar-refractivity contribution in [3.05, 3.63) is 35.4 Å². The van der Waals surface area contributed by atoms with E-state index in [2.05, 4.69) is 16.6 Å². The van der Waals surface area contributed by atoms with E-state index in [1.807, 2.05) is 19.9 Å². The third-order valence-corrected chi connectivity index (χ3v) is 3.83. The Labute approximate surface area is 126 Å². The van der Waals surface area contributed by atoms with Crippen molar-refractivity contribution in [2.45, 2.75) is 26.5 Å². The van der Waals surface area contributed by atoms with Gasteiger partial charge in [0.2, 0.25) is 10.0 Å². The van der Waals surface area contributed by atoms with Crippen LogP contribution in [0.25, 0.3) is 0 Å². The summed E-state index contributed by atoms with van der Waals surface area (Å²) < 4.78 is 31.3. The van der Waals surface area contributed by atoms with Crippen LogP contribution in [0.3, 0.4) is 0 Å². The second kappa shape index (κ2) is 8.80. The largest absolute Gasteiger partial charge is 0.384 e. The maximum absolute atomic E-state index is 11.8. The van der Waals surface area contributed by atoms with E-state index in [1.54, 1.807) is 18.2 Å². The Hall–Kier alpha value is -1.39. The lowest BCUT2D eigenvalue weighted by Crippen LogP contribution is -2.28. The lowest BCUT2D eigenvalue weighted by molar-refractivity contribution is 0.0911. The van der Waals surface area contributed by atoms with E-state index in [1.165, 1.54) is 0 Å². The number of sulfonamides is 1. The van der Waals surface area contributed by atoms with E-state index in [9.17, 15) is 8.42 Å². The molecule has 0 saturated heterocycles. The highest BCUT2D eigenvalue weighted by Gasteiger charge is 2.10. The molecule has 2 N–H and O–H groups in total. The summed E-state index contributed by atoms with van der Waals surface area (Å²) in [5, 5.41) is 8.65. The Bertz CT molecular complexity index is 600. The summed E-state index contributed by atoms with van der Waals surface area (Å²) in [7, 11) is -3.36. The van der Waals surface area contributed by atoms with Gasteiger partial charge in [-0.1, -0.05) is 24.0 Å². The highest BCUT2D eigenvalue weighted by molar-refractivity contribution is 7.89. The van der Waals surface area contributed by atoms with Crippen molar-refractivity contribution in [1.29, 1.82) is 0 Å². The Balaban J connectivity index is 2.54. The summed E-state index contributed by atoms with van der Waals surface area (Å²) >= 11 is 0. The predicted octanol–water partition coefficient (Wildman–Crippen LogP) is 0.875. The van der Waals surface area contributed by atoms with E-state index in [4.69, 9.17) is 9.84 Å². The quantitative estimate of drug-likeness (QED) is 0.733. The molecule has 0 aromatic heterocycles. The van der Waals surface area contributed by atoms with Crippen molar-refractivity contribution < 1.29 is 18.3 Å². The average Bonchev–Trinajstić information content (AvgIpc) is 2.43. The van der Waals surface area contributed by atoms with E-state index in [-0.39, 0.29) is 31.6 Å². The van der Waals surface area contributed by atoms with Crippen LogP contribution >= 0.6 is 0 Å². The summed E-state index contributed by atoms with van der Waals surface area (Å²) in [5.74, 6) is 5.27. The number of aliphatic hydroxyl groups excluding tert-OH is 1. The first-order chi connectivity index (χ1) is 9.93. The zero-order valence-corrected chi connectivity index (χ0v) is 13.1. The number of nitrogens with one attached hydrogen (secondary N) is 1. The summed E-state index contributed by atoms with van der Waals surface area (Å²) in [6.07, 6.45) is 0.0157.